The van der Waals surface area contributed by atoms with Crippen molar-refractivity contribution in [3.8, 4) is 6.07 Å². The van der Waals surface area contributed by atoms with Gasteiger partial charge in [-0.25, -0.2) is 9.79 Å². The molecule has 0 heterocycles. The van der Waals surface area contributed by atoms with E-state index in [-0.39, 0.29) is 18.9 Å². The largest absolute Gasteiger partial charge is 0.481 e. The number of carbonyl (C=O) groups excluding carboxylic acids is 1. The molecule has 0 aromatic heterocycles. The maximum atomic E-state index is 11.1. The molecule has 0 amide bonds. The van der Waals surface area contributed by atoms with Crippen molar-refractivity contribution >= 4 is 12.0 Å². The standard InChI is InChI=1S/C13H18N2O3/c14-7-3-5-11-4-1-2-6-13(11,8-12(17)18)9-15-10-16/h11H,1-6,8-9H2,(H,17,18). The molecule has 0 bridgehead atoms. The smallest absolute Gasteiger partial charge is 0.303 e. The van der Waals surface area contributed by atoms with Gasteiger partial charge in [-0.2, -0.15) is 5.26 Å². The number of isocyanates is 1. The van der Waals surface area contributed by atoms with Gasteiger partial charge in [0.05, 0.1) is 19.0 Å². The summed E-state index contributed by atoms with van der Waals surface area (Å²) in [5, 5.41) is 17.7. The molecule has 0 aliphatic heterocycles. The lowest BCUT2D eigenvalue weighted by atomic mass is 9.63. The fraction of sp³-hybridized carbons (Fsp3) is 0.769. The number of rotatable bonds is 6. The number of nitrogens with zero attached hydrogens (tertiary/aromatic N) is 2. The average molecular weight is 250 g/mol. The molecule has 1 rings (SSSR count). The maximum Gasteiger partial charge on any atom is 0.303 e. The Hall–Kier alpha value is -1.66. The van der Waals surface area contributed by atoms with Crippen LogP contribution in [0, 0.1) is 22.7 Å². The van der Waals surface area contributed by atoms with Gasteiger partial charge in [-0.3, -0.25) is 4.79 Å². The molecular formula is C13H18N2O3. The lowest BCUT2D eigenvalue weighted by molar-refractivity contribution is -0.141. The summed E-state index contributed by atoms with van der Waals surface area (Å²) in [4.78, 5) is 25.0. The number of hydrogen-bond donors (Lipinski definition) is 1. The molecular weight excluding hydrogens is 232 g/mol. The SMILES string of the molecule is N#CCCC1CCCCC1(CN=C=O)CC(=O)O. The van der Waals surface area contributed by atoms with Crippen LogP contribution in [0.2, 0.25) is 0 Å². The van der Waals surface area contributed by atoms with Gasteiger partial charge in [0.25, 0.3) is 0 Å². The van der Waals surface area contributed by atoms with Crippen LogP contribution >= 0.6 is 0 Å². The quantitative estimate of drug-likeness (QED) is 0.578. The van der Waals surface area contributed by atoms with Crippen molar-refractivity contribution in [1.82, 2.24) is 0 Å². The van der Waals surface area contributed by atoms with Gasteiger partial charge in [-0.15, -0.1) is 0 Å². The highest BCUT2D eigenvalue weighted by atomic mass is 16.4. The Balaban J connectivity index is 2.89. The molecule has 1 saturated carbocycles. The third-order valence-corrected chi connectivity index (χ3v) is 3.91. The number of carbonyl (C=O) groups is 1. The van der Waals surface area contributed by atoms with Gasteiger partial charge in [0.15, 0.2) is 0 Å². The fourth-order valence-electron chi connectivity index (χ4n) is 3.06. The molecule has 5 heteroatoms. The average Bonchev–Trinajstić information content (AvgIpc) is 2.35. The van der Waals surface area contributed by atoms with Crippen LogP contribution < -0.4 is 0 Å². The Morgan fingerprint density at radius 2 is 2.28 bits per heavy atom. The minimum absolute atomic E-state index is 0.0221. The zero-order chi connectivity index (χ0) is 13.4. The Labute approximate surface area is 107 Å². The summed E-state index contributed by atoms with van der Waals surface area (Å²) in [5.74, 6) is -0.695. The molecule has 2 unspecified atom stereocenters. The molecule has 1 aliphatic rings. The van der Waals surface area contributed by atoms with Crippen LogP contribution in [-0.2, 0) is 9.59 Å². The molecule has 2 atom stereocenters. The molecule has 1 aliphatic carbocycles. The molecule has 0 aromatic rings. The van der Waals surface area contributed by atoms with Crippen molar-refractivity contribution in [3.05, 3.63) is 0 Å². The minimum Gasteiger partial charge on any atom is -0.481 e. The Morgan fingerprint density at radius 1 is 1.50 bits per heavy atom. The molecule has 0 radical (unpaired) electrons. The summed E-state index contributed by atoms with van der Waals surface area (Å²) in [6.07, 6.45) is 6.35. The summed E-state index contributed by atoms with van der Waals surface area (Å²) in [6, 6.07) is 2.11. The summed E-state index contributed by atoms with van der Waals surface area (Å²) < 4.78 is 0. The second kappa shape index (κ2) is 6.93. The van der Waals surface area contributed by atoms with Crippen molar-refractivity contribution < 1.29 is 14.7 Å². The first kappa shape index (κ1) is 14.4. The second-order valence-electron chi connectivity index (χ2n) is 4.98. The molecule has 1 fully saturated rings. The predicted octanol–water partition coefficient (Wildman–Crippen LogP) is 2.28. The predicted molar refractivity (Wildman–Crippen MR) is 64.5 cm³/mol. The van der Waals surface area contributed by atoms with Gasteiger partial charge >= 0.3 is 5.97 Å². The highest BCUT2D eigenvalue weighted by Gasteiger charge is 2.41. The van der Waals surface area contributed by atoms with Gasteiger partial charge in [0.1, 0.15) is 0 Å². The number of carboxylic acid groups (broad SMARTS) is 1. The van der Waals surface area contributed by atoms with Crippen LogP contribution in [-0.4, -0.2) is 23.7 Å². The van der Waals surface area contributed by atoms with Crippen molar-refractivity contribution in [2.24, 2.45) is 16.3 Å². The van der Waals surface area contributed by atoms with Crippen LogP contribution in [0.5, 0.6) is 0 Å². The number of carboxylic acids is 1. The van der Waals surface area contributed by atoms with E-state index in [4.69, 9.17) is 10.4 Å². The highest BCUT2D eigenvalue weighted by molar-refractivity contribution is 5.68. The van der Waals surface area contributed by atoms with Gasteiger partial charge in [0, 0.05) is 11.8 Å². The Morgan fingerprint density at radius 3 is 2.89 bits per heavy atom. The Bertz CT molecular complexity index is 376. The molecule has 0 spiro atoms. The summed E-state index contributed by atoms with van der Waals surface area (Å²) in [6.45, 7) is 0.221. The van der Waals surface area contributed by atoms with Crippen molar-refractivity contribution in [2.75, 3.05) is 6.54 Å². The second-order valence-corrected chi connectivity index (χ2v) is 4.98. The van der Waals surface area contributed by atoms with E-state index in [1.165, 1.54) is 6.08 Å². The van der Waals surface area contributed by atoms with Crippen LogP contribution in [0.4, 0.5) is 0 Å². The topological polar surface area (TPSA) is 90.5 Å². The zero-order valence-corrected chi connectivity index (χ0v) is 10.4. The van der Waals surface area contributed by atoms with Gasteiger partial charge < -0.3 is 5.11 Å². The molecule has 5 nitrogen and oxygen atoms in total. The summed E-state index contributed by atoms with van der Waals surface area (Å²) >= 11 is 0. The van der Waals surface area contributed by atoms with Gasteiger partial charge in [-0.1, -0.05) is 12.8 Å². The van der Waals surface area contributed by atoms with Crippen LogP contribution in [0.15, 0.2) is 4.99 Å². The molecule has 1 N–H and O–H groups in total. The van der Waals surface area contributed by atoms with E-state index in [2.05, 4.69) is 11.1 Å². The van der Waals surface area contributed by atoms with E-state index in [0.717, 1.165) is 25.7 Å². The maximum absolute atomic E-state index is 11.1. The first-order valence-electron chi connectivity index (χ1n) is 6.27. The molecule has 0 aromatic carbocycles. The van der Waals surface area contributed by atoms with Crippen molar-refractivity contribution in [2.45, 2.75) is 44.9 Å². The summed E-state index contributed by atoms with van der Waals surface area (Å²) in [7, 11) is 0. The van der Waals surface area contributed by atoms with Crippen LogP contribution in [0.1, 0.15) is 44.9 Å². The monoisotopic (exact) mass is 250 g/mol. The molecule has 98 valence electrons. The number of nitriles is 1. The minimum atomic E-state index is -0.861. The van der Waals surface area contributed by atoms with Crippen molar-refractivity contribution in [3.63, 3.8) is 0 Å². The zero-order valence-electron chi connectivity index (χ0n) is 10.4. The van der Waals surface area contributed by atoms with Gasteiger partial charge in [0.2, 0.25) is 6.08 Å². The number of hydrogen-bond acceptors (Lipinski definition) is 4. The van der Waals surface area contributed by atoms with Crippen LogP contribution in [0.25, 0.3) is 0 Å². The van der Waals surface area contributed by atoms with Crippen molar-refractivity contribution in [1.29, 1.82) is 5.26 Å². The third kappa shape index (κ3) is 3.68. The lowest BCUT2D eigenvalue weighted by Gasteiger charge is -2.42. The van der Waals surface area contributed by atoms with E-state index in [9.17, 15) is 9.59 Å². The van der Waals surface area contributed by atoms with E-state index in [0.29, 0.717) is 12.8 Å². The van der Waals surface area contributed by atoms with E-state index < -0.39 is 11.4 Å². The fourth-order valence-corrected chi connectivity index (χ4v) is 3.06. The Kier molecular flexibility index (Phi) is 5.54. The van der Waals surface area contributed by atoms with E-state index in [1.807, 2.05) is 0 Å². The van der Waals surface area contributed by atoms with E-state index in [1.54, 1.807) is 0 Å². The first-order chi connectivity index (χ1) is 8.64. The molecule has 0 saturated heterocycles. The first-order valence-corrected chi connectivity index (χ1v) is 6.27. The molecule has 18 heavy (non-hydrogen) atoms. The highest BCUT2D eigenvalue weighted by Crippen LogP contribution is 2.46. The van der Waals surface area contributed by atoms with Gasteiger partial charge in [-0.05, 0) is 25.2 Å². The van der Waals surface area contributed by atoms with Crippen LogP contribution in [0.3, 0.4) is 0 Å². The lowest BCUT2D eigenvalue weighted by Crippen LogP contribution is -2.38. The summed E-state index contributed by atoms with van der Waals surface area (Å²) in [5.41, 5.74) is -0.460. The third-order valence-electron chi connectivity index (χ3n) is 3.91. The van der Waals surface area contributed by atoms with E-state index >= 15 is 0 Å². The normalized spacial score (nSPS) is 26.9. The number of aliphatic carboxylic acids is 1. The number of aliphatic imine (C=N–C) groups is 1.